The van der Waals surface area contributed by atoms with E-state index in [0.29, 0.717) is 5.92 Å². The maximum absolute atomic E-state index is 12.1. The lowest BCUT2D eigenvalue weighted by Gasteiger charge is -2.31. The molecule has 1 saturated heterocycles. The summed E-state index contributed by atoms with van der Waals surface area (Å²) in [5, 5.41) is 8.61. The van der Waals surface area contributed by atoms with E-state index in [9.17, 15) is 9.59 Å². The number of carbonyl (C=O) groups is 2. The number of aliphatic carboxylic acids is 1. The highest BCUT2D eigenvalue weighted by molar-refractivity contribution is 8.00. The van der Waals surface area contributed by atoms with Crippen molar-refractivity contribution >= 4 is 34.7 Å². The summed E-state index contributed by atoms with van der Waals surface area (Å²) in [6.07, 6.45) is 2.84. The summed E-state index contributed by atoms with van der Waals surface area (Å²) in [7, 11) is 0. The quantitative estimate of drug-likeness (QED) is 0.836. The predicted octanol–water partition coefficient (Wildman–Crippen LogP) is 2.16. The van der Waals surface area contributed by atoms with Crippen LogP contribution >= 0.6 is 11.8 Å². The van der Waals surface area contributed by atoms with Gasteiger partial charge in [-0.25, -0.2) is 4.98 Å². The van der Waals surface area contributed by atoms with E-state index in [-0.39, 0.29) is 17.4 Å². The van der Waals surface area contributed by atoms with Crippen LogP contribution < -0.4 is 0 Å². The third kappa shape index (κ3) is 4.29. The molecule has 2 N–H and O–H groups in total. The molecule has 0 unspecified atom stereocenters. The number of imidazole rings is 1. The number of aromatic nitrogens is 2. The number of amides is 1. The first-order valence-electron chi connectivity index (χ1n) is 8.13. The molecule has 1 aromatic heterocycles. The molecule has 3 rings (SSSR count). The highest BCUT2D eigenvalue weighted by atomic mass is 32.2. The van der Waals surface area contributed by atoms with Crippen molar-refractivity contribution in [3.8, 4) is 0 Å². The molecule has 128 valence electrons. The van der Waals surface area contributed by atoms with Crippen molar-refractivity contribution in [1.29, 1.82) is 0 Å². The summed E-state index contributed by atoms with van der Waals surface area (Å²) in [6, 6.07) is 8.02. The van der Waals surface area contributed by atoms with Crippen LogP contribution in [-0.4, -0.2) is 56.4 Å². The number of carbonyl (C=O) groups excluding carboxylic acids is 1. The molecule has 1 aliphatic heterocycles. The van der Waals surface area contributed by atoms with Crippen LogP contribution in [0.3, 0.4) is 0 Å². The second-order valence-corrected chi connectivity index (χ2v) is 7.10. The number of hydrogen-bond donors (Lipinski definition) is 2. The lowest BCUT2D eigenvalue weighted by atomic mass is 9.93. The van der Waals surface area contributed by atoms with Crippen LogP contribution in [0.4, 0.5) is 0 Å². The molecule has 2 heterocycles. The Balaban J connectivity index is 1.46. The fraction of sp³-hybridized carbons (Fsp3) is 0.471. The van der Waals surface area contributed by atoms with E-state index in [1.807, 2.05) is 29.2 Å². The summed E-state index contributed by atoms with van der Waals surface area (Å²) in [5.41, 5.74) is 2.06. The number of aromatic amines is 1. The molecular formula is C17H21N3O3S. The van der Waals surface area contributed by atoms with Gasteiger partial charge in [-0.3, -0.25) is 9.59 Å². The number of H-pyrrole nitrogens is 1. The van der Waals surface area contributed by atoms with E-state index in [1.54, 1.807) is 0 Å². The Bertz CT molecular complexity index is 690. The van der Waals surface area contributed by atoms with Crippen molar-refractivity contribution in [2.24, 2.45) is 5.92 Å². The SMILES string of the molecule is O=C(O)CSCC(=O)N1CCC(Cc2nc3ccccc3[nH]2)CC1. The van der Waals surface area contributed by atoms with Crippen LogP contribution in [0, 0.1) is 5.92 Å². The molecule has 24 heavy (non-hydrogen) atoms. The molecule has 0 aliphatic carbocycles. The minimum atomic E-state index is -0.877. The Hall–Kier alpha value is -2.02. The van der Waals surface area contributed by atoms with Gasteiger partial charge in [-0.15, -0.1) is 11.8 Å². The predicted molar refractivity (Wildman–Crippen MR) is 94.1 cm³/mol. The van der Waals surface area contributed by atoms with Gasteiger partial charge in [-0.05, 0) is 30.9 Å². The second-order valence-electron chi connectivity index (χ2n) is 6.12. The first-order valence-corrected chi connectivity index (χ1v) is 9.28. The molecule has 0 saturated carbocycles. The fourth-order valence-electron chi connectivity index (χ4n) is 3.08. The number of benzene rings is 1. The molecule has 1 amide bonds. The molecule has 1 aromatic carbocycles. The van der Waals surface area contributed by atoms with Gasteiger partial charge >= 0.3 is 5.97 Å². The highest BCUT2D eigenvalue weighted by Gasteiger charge is 2.23. The van der Waals surface area contributed by atoms with Crippen LogP contribution in [0.25, 0.3) is 11.0 Å². The van der Waals surface area contributed by atoms with Crippen molar-refractivity contribution in [1.82, 2.24) is 14.9 Å². The van der Waals surface area contributed by atoms with E-state index < -0.39 is 5.97 Å². The molecule has 0 atom stereocenters. The molecule has 7 heteroatoms. The zero-order valence-electron chi connectivity index (χ0n) is 13.4. The first kappa shape index (κ1) is 16.8. The molecule has 0 bridgehead atoms. The average molecular weight is 347 g/mol. The van der Waals surface area contributed by atoms with E-state index >= 15 is 0 Å². The first-order chi connectivity index (χ1) is 11.6. The molecular weight excluding hydrogens is 326 g/mol. The Morgan fingerprint density at radius 3 is 2.71 bits per heavy atom. The summed E-state index contributed by atoms with van der Waals surface area (Å²) in [4.78, 5) is 32.4. The Morgan fingerprint density at radius 2 is 2.00 bits per heavy atom. The second kappa shape index (κ2) is 7.70. The maximum atomic E-state index is 12.1. The smallest absolute Gasteiger partial charge is 0.313 e. The van der Waals surface area contributed by atoms with Gasteiger partial charge in [-0.2, -0.15) is 0 Å². The van der Waals surface area contributed by atoms with Gasteiger partial charge in [0.25, 0.3) is 0 Å². The Morgan fingerprint density at radius 1 is 1.25 bits per heavy atom. The van der Waals surface area contributed by atoms with Crippen molar-refractivity contribution < 1.29 is 14.7 Å². The number of rotatable bonds is 6. The van der Waals surface area contributed by atoms with Gasteiger partial charge in [-0.1, -0.05) is 12.1 Å². The summed E-state index contributed by atoms with van der Waals surface area (Å²) in [6.45, 7) is 1.49. The number of carboxylic acids is 1. The molecule has 2 aromatic rings. The number of piperidine rings is 1. The average Bonchev–Trinajstić information content (AvgIpc) is 2.97. The van der Waals surface area contributed by atoms with Gasteiger partial charge in [0.15, 0.2) is 0 Å². The monoisotopic (exact) mass is 347 g/mol. The third-order valence-corrected chi connectivity index (χ3v) is 5.24. The molecule has 0 radical (unpaired) electrons. The van der Waals surface area contributed by atoms with Gasteiger partial charge in [0, 0.05) is 19.5 Å². The number of hydrogen-bond acceptors (Lipinski definition) is 4. The van der Waals surface area contributed by atoms with Gasteiger partial charge in [0.05, 0.1) is 22.5 Å². The number of para-hydroxylation sites is 2. The Kier molecular flexibility index (Phi) is 5.40. The Labute approximate surface area is 144 Å². The van der Waals surface area contributed by atoms with Crippen molar-refractivity contribution in [3.05, 3.63) is 30.1 Å². The van der Waals surface area contributed by atoms with Gasteiger partial charge in [0.2, 0.25) is 5.91 Å². The standard InChI is InChI=1S/C17H21N3O3S/c21-16(10-24-11-17(22)23)20-7-5-12(6-8-20)9-15-18-13-3-1-2-4-14(13)19-15/h1-4,12H,5-11H2,(H,18,19)(H,22,23). The molecule has 0 spiro atoms. The number of nitrogens with one attached hydrogen (secondary N) is 1. The van der Waals surface area contributed by atoms with Gasteiger partial charge in [0.1, 0.15) is 5.82 Å². The summed E-state index contributed by atoms with van der Waals surface area (Å²) in [5.74, 6) is 0.939. The van der Waals surface area contributed by atoms with E-state index in [1.165, 1.54) is 0 Å². The van der Waals surface area contributed by atoms with Crippen LogP contribution in [0.1, 0.15) is 18.7 Å². The lowest BCUT2D eigenvalue weighted by Crippen LogP contribution is -2.40. The highest BCUT2D eigenvalue weighted by Crippen LogP contribution is 2.22. The van der Waals surface area contributed by atoms with Crippen LogP contribution in [0.2, 0.25) is 0 Å². The number of fused-ring (bicyclic) bond motifs is 1. The van der Waals surface area contributed by atoms with Crippen molar-refractivity contribution in [3.63, 3.8) is 0 Å². The largest absolute Gasteiger partial charge is 0.481 e. The van der Waals surface area contributed by atoms with Crippen LogP contribution in [-0.2, 0) is 16.0 Å². The van der Waals surface area contributed by atoms with E-state index in [2.05, 4.69) is 9.97 Å². The third-order valence-electron chi connectivity index (χ3n) is 4.34. The van der Waals surface area contributed by atoms with E-state index in [0.717, 1.165) is 61.0 Å². The lowest BCUT2D eigenvalue weighted by molar-refractivity contribution is -0.133. The maximum Gasteiger partial charge on any atom is 0.313 e. The number of likely N-dealkylation sites (tertiary alicyclic amines) is 1. The zero-order valence-corrected chi connectivity index (χ0v) is 14.2. The molecule has 1 fully saturated rings. The number of thioether (sulfide) groups is 1. The van der Waals surface area contributed by atoms with E-state index in [4.69, 9.17) is 5.11 Å². The molecule has 1 aliphatic rings. The summed E-state index contributed by atoms with van der Waals surface area (Å²) >= 11 is 1.16. The molecule has 6 nitrogen and oxygen atoms in total. The number of nitrogens with zero attached hydrogens (tertiary/aromatic N) is 2. The van der Waals surface area contributed by atoms with Gasteiger partial charge < -0.3 is 15.0 Å². The minimum Gasteiger partial charge on any atom is -0.481 e. The summed E-state index contributed by atoms with van der Waals surface area (Å²) < 4.78 is 0. The normalized spacial score (nSPS) is 15.8. The van der Waals surface area contributed by atoms with Crippen LogP contribution in [0.15, 0.2) is 24.3 Å². The zero-order chi connectivity index (χ0) is 16.9. The minimum absolute atomic E-state index is 0.0196. The fourth-order valence-corrected chi connectivity index (χ4v) is 3.71. The topological polar surface area (TPSA) is 86.3 Å². The number of carboxylic acid groups (broad SMARTS) is 1. The van der Waals surface area contributed by atoms with Crippen molar-refractivity contribution in [2.45, 2.75) is 19.3 Å². The van der Waals surface area contributed by atoms with Crippen molar-refractivity contribution in [2.75, 3.05) is 24.6 Å². The van der Waals surface area contributed by atoms with Crippen LogP contribution in [0.5, 0.6) is 0 Å².